The molecule has 1 N–H and O–H groups in total. The second kappa shape index (κ2) is 6.58. The van der Waals surface area contributed by atoms with Crippen LogP contribution < -0.4 is 9.62 Å². The van der Waals surface area contributed by atoms with Gasteiger partial charge in [-0.25, -0.2) is 31.8 Å². The lowest BCUT2D eigenvalue weighted by molar-refractivity contribution is 0.510. The normalized spacial score (nSPS) is 14.1. The number of aromatic nitrogens is 4. The van der Waals surface area contributed by atoms with Gasteiger partial charge in [0.25, 0.3) is 10.0 Å². The molecule has 0 fully saturated rings. The highest BCUT2D eigenvalue weighted by Crippen LogP contribution is 2.21. The molecule has 0 aliphatic carbocycles. The van der Waals surface area contributed by atoms with Crippen molar-refractivity contribution >= 4 is 21.5 Å². The van der Waals surface area contributed by atoms with Gasteiger partial charge in [-0.1, -0.05) is 0 Å². The van der Waals surface area contributed by atoms with Crippen LogP contribution in [-0.4, -0.2) is 34.7 Å². The molecule has 2 aromatic heterocycles. The Morgan fingerprint density at radius 3 is 2.52 bits per heavy atom. The van der Waals surface area contributed by atoms with E-state index in [9.17, 15) is 17.2 Å². The quantitative estimate of drug-likeness (QED) is 0.728. The van der Waals surface area contributed by atoms with Gasteiger partial charge in [0, 0.05) is 18.8 Å². The Morgan fingerprint density at radius 2 is 1.81 bits per heavy atom. The molecule has 0 saturated heterocycles. The van der Waals surface area contributed by atoms with E-state index in [1.165, 1.54) is 18.6 Å². The number of hydrogen-bond acceptors (Lipinski definition) is 6. The number of hydrogen-bond donors (Lipinski definition) is 1. The summed E-state index contributed by atoms with van der Waals surface area (Å²) in [6.07, 6.45) is 2.69. The predicted octanol–water partition coefficient (Wildman–Crippen LogP) is 1.77. The molecule has 4 rings (SSSR count). The second-order valence-corrected chi connectivity index (χ2v) is 7.62. The summed E-state index contributed by atoms with van der Waals surface area (Å²) in [7, 11) is -4.02. The summed E-state index contributed by atoms with van der Waals surface area (Å²) < 4.78 is 55.2. The fourth-order valence-corrected chi connectivity index (χ4v) is 3.79. The van der Waals surface area contributed by atoms with Crippen LogP contribution in [0.3, 0.4) is 0 Å². The third kappa shape index (κ3) is 3.58. The fourth-order valence-electron chi connectivity index (χ4n) is 2.80. The average molecular weight is 392 g/mol. The Morgan fingerprint density at radius 1 is 1.04 bits per heavy atom. The highest BCUT2D eigenvalue weighted by atomic mass is 32.2. The zero-order valence-corrected chi connectivity index (χ0v) is 14.7. The fraction of sp³-hybridized carbons (Fsp3) is 0.188. The molecule has 11 heteroatoms. The van der Waals surface area contributed by atoms with E-state index in [1.807, 2.05) is 4.90 Å². The number of sulfonamides is 1. The van der Waals surface area contributed by atoms with Gasteiger partial charge in [-0.2, -0.15) is 5.10 Å². The lowest BCUT2D eigenvalue weighted by Crippen LogP contribution is -2.34. The molecule has 3 aromatic rings. The van der Waals surface area contributed by atoms with Crippen molar-refractivity contribution in [3.63, 3.8) is 0 Å². The standard InChI is InChI=1S/C16H14F2N6O2S/c17-11-5-12(18)7-13(6-11)22-27(25,26)14-1-2-15(19-8-14)23-3-4-24-16(9-23)20-10-21-24/h1-2,5-8,10,22H,3-4,9H2. The van der Waals surface area contributed by atoms with Gasteiger partial charge in [0.2, 0.25) is 0 Å². The highest BCUT2D eigenvalue weighted by molar-refractivity contribution is 7.92. The molecule has 0 radical (unpaired) electrons. The van der Waals surface area contributed by atoms with Crippen LogP contribution in [0.1, 0.15) is 5.82 Å². The number of pyridine rings is 1. The first kappa shape index (κ1) is 17.3. The topological polar surface area (TPSA) is 93.0 Å². The Labute approximate surface area is 153 Å². The van der Waals surface area contributed by atoms with Crippen LogP contribution in [0.5, 0.6) is 0 Å². The summed E-state index contributed by atoms with van der Waals surface area (Å²) >= 11 is 0. The first-order chi connectivity index (χ1) is 12.9. The van der Waals surface area contributed by atoms with Crippen LogP contribution >= 0.6 is 0 Å². The van der Waals surface area contributed by atoms with E-state index >= 15 is 0 Å². The molecule has 3 heterocycles. The van der Waals surface area contributed by atoms with Crippen molar-refractivity contribution < 1.29 is 17.2 Å². The Kier molecular flexibility index (Phi) is 4.22. The van der Waals surface area contributed by atoms with Gasteiger partial charge in [0.15, 0.2) is 0 Å². The van der Waals surface area contributed by atoms with Crippen LogP contribution in [0.25, 0.3) is 0 Å². The van der Waals surface area contributed by atoms with E-state index in [1.54, 1.807) is 10.7 Å². The molecule has 0 spiro atoms. The number of anilines is 2. The number of benzene rings is 1. The maximum atomic E-state index is 13.2. The molecule has 1 aromatic carbocycles. The van der Waals surface area contributed by atoms with Crippen molar-refractivity contribution in [1.82, 2.24) is 19.7 Å². The van der Waals surface area contributed by atoms with Gasteiger partial charge >= 0.3 is 0 Å². The molecule has 8 nitrogen and oxygen atoms in total. The van der Waals surface area contributed by atoms with Crippen molar-refractivity contribution in [3.05, 3.63) is 60.3 Å². The van der Waals surface area contributed by atoms with E-state index in [0.717, 1.165) is 18.0 Å². The van der Waals surface area contributed by atoms with Gasteiger partial charge in [-0.15, -0.1) is 0 Å². The first-order valence-electron chi connectivity index (χ1n) is 7.97. The number of halogens is 2. The lowest BCUT2D eigenvalue weighted by Gasteiger charge is -2.27. The van der Waals surface area contributed by atoms with Gasteiger partial charge in [0.1, 0.15) is 34.5 Å². The summed E-state index contributed by atoms with van der Waals surface area (Å²) in [6.45, 7) is 1.83. The number of fused-ring (bicyclic) bond motifs is 1. The van der Waals surface area contributed by atoms with Crippen LogP contribution in [0.15, 0.2) is 47.8 Å². The van der Waals surface area contributed by atoms with Crippen LogP contribution in [0.4, 0.5) is 20.3 Å². The molecule has 1 aliphatic rings. The van der Waals surface area contributed by atoms with E-state index in [-0.39, 0.29) is 10.6 Å². The van der Waals surface area contributed by atoms with E-state index in [2.05, 4.69) is 19.8 Å². The molecule has 0 bridgehead atoms. The van der Waals surface area contributed by atoms with Crippen molar-refractivity contribution in [3.8, 4) is 0 Å². The van der Waals surface area contributed by atoms with E-state index < -0.39 is 21.7 Å². The maximum absolute atomic E-state index is 13.2. The highest BCUT2D eigenvalue weighted by Gasteiger charge is 2.20. The zero-order valence-electron chi connectivity index (χ0n) is 13.9. The van der Waals surface area contributed by atoms with Gasteiger partial charge in [-0.3, -0.25) is 4.72 Å². The number of nitrogens with zero attached hydrogens (tertiary/aromatic N) is 5. The van der Waals surface area contributed by atoms with Gasteiger partial charge < -0.3 is 4.90 Å². The van der Waals surface area contributed by atoms with Gasteiger partial charge in [0.05, 0.1) is 18.8 Å². The van der Waals surface area contributed by atoms with Crippen molar-refractivity contribution in [2.24, 2.45) is 0 Å². The summed E-state index contributed by atoms with van der Waals surface area (Å²) in [6, 6.07) is 5.42. The first-order valence-corrected chi connectivity index (χ1v) is 9.46. The third-order valence-corrected chi connectivity index (χ3v) is 5.45. The Balaban J connectivity index is 1.53. The molecule has 0 amide bonds. The molecule has 1 aliphatic heterocycles. The second-order valence-electron chi connectivity index (χ2n) is 5.94. The summed E-state index contributed by atoms with van der Waals surface area (Å²) in [5.41, 5.74) is -0.202. The smallest absolute Gasteiger partial charge is 0.263 e. The summed E-state index contributed by atoms with van der Waals surface area (Å²) in [5, 5.41) is 4.10. The summed E-state index contributed by atoms with van der Waals surface area (Å²) in [5.74, 6) is -0.354. The molecule has 0 saturated carbocycles. The minimum Gasteiger partial charge on any atom is -0.347 e. The molecular formula is C16H14F2N6O2S. The van der Waals surface area contributed by atoms with E-state index in [0.29, 0.717) is 31.5 Å². The lowest BCUT2D eigenvalue weighted by atomic mass is 10.3. The minimum absolute atomic E-state index is 0.115. The maximum Gasteiger partial charge on any atom is 0.263 e. The molecule has 0 atom stereocenters. The molecule has 140 valence electrons. The molecule has 27 heavy (non-hydrogen) atoms. The minimum atomic E-state index is -4.02. The molecular weight excluding hydrogens is 378 g/mol. The predicted molar refractivity (Wildman–Crippen MR) is 92.5 cm³/mol. The van der Waals surface area contributed by atoms with E-state index in [4.69, 9.17) is 0 Å². The molecule has 0 unspecified atom stereocenters. The monoisotopic (exact) mass is 392 g/mol. The Hall–Kier alpha value is -3.08. The SMILES string of the molecule is O=S(=O)(Nc1cc(F)cc(F)c1)c1ccc(N2CCn3ncnc3C2)nc1. The Bertz CT molecular complexity index is 1060. The zero-order chi connectivity index (χ0) is 19.0. The largest absolute Gasteiger partial charge is 0.347 e. The number of rotatable bonds is 4. The number of nitrogens with one attached hydrogen (secondary N) is 1. The van der Waals surface area contributed by atoms with Gasteiger partial charge in [-0.05, 0) is 24.3 Å². The average Bonchev–Trinajstić information content (AvgIpc) is 3.08. The van der Waals surface area contributed by atoms with Crippen molar-refractivity contribution in [1.29, 1.82) is 0 Å². The van der Waals surface area contributed by atoms with Crippen LogP contribution in [-0.2, 0) is 23.1 Å². The van der Waals surface area contributed by atoms with Crippen molar-refractivity contribution in [2.45, 2.75) is 18.0 Å². The third-order valence-electron chi connectivity index (χ3n) is 4.08. The summed E-state index contributed by atoms with van der Waals surface area (Å²) in [4.78, 5) is 10.2. The van der Waals surface area contributed by atoms with Crippen LogP contribution in [0, 0.1) is 11.6 Å². The van der Waals surface area contributed by atoms with Crippen molar-refractivity contribution in [2.75, 3.05) is 16.2 Å². The van der Waals surface area contributed by atoms with Crippen LogP contribution in [0.2, 0.25) is 0 Å².